The second-order valence-electron chi connectivity index (χ2n) is 3.64. The monoisotopic (exact) mass is 305 g/mol. The van der Waals surface area contributed by atoms with Gasteiger partial charge in [-0.2, -0.15) is 5.26 Å². The van der Waals surface area contributed by atoms with E-state index in [-0.39, 0.29) is 17.9 Å². The van der Waals surface area contributed by atoms with Crippen LogP contribution in [0.3, 0.4) is 0 Å². The van der Waals surface area contributed by atoms with Crippen molar-refractivity contribution < 1.29 is 9.13 Å². The van der Waals surface area contributed by atoms with Gasteiger partial charge in [0.15, 0.2) is 11.6 Å². The smallest absolute Gasteiger partial charge is 0.166 e. The van der Waals surface area contributed by atoms with Crippen molar-refractivity contribution in [3.8, 4) is 11.8 Å². The highest BCUT2D eigenvalue weighted by atomic mass is 79.9. The fourth-order valence-electron chi connectivity index (χ4n) is 1.46. The largest absolute Gasteiger partial charge is 0.486 e. The summed E-state index contributed by atoms with van der Waals surface area (Å²) in [5.74, 6) is -0.383. The fourth-order valence-corrected chi connectivity index (χ4v) is 1.86. The van der Waals surface area contributed by atoms with E-state index in [1.165, 1.54) is 12.1 Å². The standard InChI is InChI=1S/C14H9BrFNO/c15-12-4-2-1-3-11(12)9-18-14-6-5-10(8-17)7-13(14)16/h1-7H,9H2. The van der Waals surface area contributed by atoms with E-state index in [0.717, 1.165) is 16.1 Å². The molecule has 18 heavy (non-hydrogen) atoms. The van der Waals surface area contributed by atoms with Crippen molar-refractivity contribution >= 4 is 15.9 Å². The minimum absolute atomic E-state index is 0.143. The molecule has 0 aliphatic rings. The van der Waals surface area contributed by atoms with Gasteiger partial charge < -0.3 is 4.74 Å². The number of halogens is 2. The van der Waals surface area contributed by atoms with Gasteiger partial charge in [0.1, 0.15) is 6.61 Å². The van der Waals surface area contributed by atoms with Crippen LogP contribution in [0.4, 0.5) is 4.39 Å². The van der Waals surface area contributed by atoms with Crippen LogP contribution >= 0.6 is 15.9 Å². The molecule has 0 bridgehead atoms. The van der Waals surface area contributed by atoms with Crippen molar-refractivity contribution in [1.82, 2.24) is 0 Å². The first kappa shape index (κ1) is 12.6. The highest BCUT2D eigenvalue weighted by Gasteiger charge is 2.06. The summed E-state index contributed by atoms with van der Waals surface area (Å²) in [6.07, 6.45) is 0. The molecule has 2 aromatic rings. The molecule has 0 unspecified atom stereocenters. The van der Waals surface area contributed by atoms with Crippen molar-refractivity contribution in [2.24, 2.45) is 0 Å². The molecule has 0 N–H and O–H groups in total. The maximum absolute atomic E-state index is 13.6. The summed E-state index contributed by atoms with van der Waals surface area (Å²) >= 11 is 3.39. The average molecular weight is 306 g/mol. The van der Waals surface area contributed by atoms with E-state index in [4.69, 9.17) is 10.00 Å². The topological polar surface area (TPSA) is 33.0 Å². The lowest BCUT2D eigenvalue weighted by molar-refractivity contribution is 0.289. The van der Waals surface area contributed by atoms with Crippen molar-refractivity contribution in [1.29, 1.82) is 5.26 Å². The van der Waals surface area contributed by atoms with Crippen LogP contribution in [-0.2, 0) is 6.61 Å². The van der Waals surface area contributed by atoms with E-state index in [1.807, 2.05) is 30.3 Å². The van der Waals surface area contributed by atoms with Gasteiger partial charge in [-0.3, -0.25) is 0 Å². The van der Waals surface area contributed by atoms with Gasteiger partial charge in [-0.15, -0.1) is 0 Å². The molecular weight excluding hydrogens is 297 g/mol. The van der Waals surface area contributed by atoms with E-state index in [9.17, 15) is 4.39 Å². The summed E-state index contributed by atoms with van der Waals surface area (Å²) in [7, 11) is 0. The number of nitriles is 1. The molecule has 0 aromatic heterocycles. The third kappa shape index (κ3) is 2.88. The van der Waals surface area contributed by atoms with E-state index < -0.39 is 5.82 Å². The van der Waals surface area contributed by atoms with E-state index in [2.05, 4.69) is 15.9 Å². The number of hydrogen-bond donors (Lipinski definition) is 0. The zero-order valence-electron chi connectivity index (χ0n) is 9.36. The Bertz CT molecular complexity index is 607. The minimum Gasteiger partial charge on any atom is -0.486 e. The zero-order valence-corrected chi connectivity index (χ0v) is 10.9. The van der Waals surface area contributed by atoms with Crippen LogP contribution in [0.1, 0.15) is 11.1 Å². The van der Waals surface area contributed by atoms with Crippen LogP contribution < -0.4 is 4.74 Å². The van der Waals surface area contributed by atoms with Gasteiger partial charge in [0, 0.05) is 10.0 Å². The highest BCUT2D eigenvalue weighted by molar-refractivity contribution is 9.10. The summed E-state index contributed by atoms with van der Waals surface area (Å²) in [5, 5.41) is 8.63. The number of nitrogens with zero attached hydrogens (tertiary/aromatic N) is 1. The molecule has 2 nitrogen and oxygen atoms in total. The molecule has 0 saturated heterocycles. The molecule has 4 heteroatoms. The predicted octanol–water partition coefficient (Wildman–Crippen LogP) is 4.04. The quantitative estimate of drug-likeness (QED) is 0.857. The van der Waals surface area contributed by atoms with Crippen LogP contribution in [0.2, 0.25) is 0 Å². The zero-order chi connectivity index (χ0) is 13.0. The fraction of sp³-hybridized carbons (Fsp3) is 0.0714. The molecule has 0 spiro atoms. The van der Waals surface area contributed by atoms with Crippen LogP contribution in [0.5, 0.6) is 5.75 Å². The van der Waals surface area contributed by atoms with Gasteiger partial charge in [-0.05, 0) is 24.3 Å². The first-order chi connectivity index (χ1) is 8.70. The molecule has 0 amide bonds. The van der Waals surface area contributed by atoms with E-state index >= 15 is 0 Å². The summed E-state index contributed by atoms with van der Waals surface area (Å²) in [6.45, 7) is 0.268. The predicted molar refractivity (Wildman–Crippen MR) is 69.6 cm³/mol. The van der Waals surface area contributed by atoms with Gasteiger partial charge in [0.25, 0.3) is 0 Å². The lowest BCUT2D eigenvalue weighted by Crippen LogP contribution is -1.98. The summed E-state index contributed by atoms with van der Waals surface area (Å²) in [5.41, 5.74) is 1.21. The maximum Gasteiger partial charge on any atom is 0.166 e. The second kappa shape index (κ2) is 5.65. The molecule has 2 rings (SSSR count). The Balaban J connectivity index is 2.12. The maximum atomic E-state index is 13.6. The molecule has 0 heterocycles. The number of rotatable bonds is 3. The Kier molecular flexibility index (Phi) is 3.96. The van der Waals surface area contributed by atoms with Crippen molar-refractivity contribution in [3.63, 3.8) is 0 Å². The molecule has 0 radical (unpaired) electrons. The lowest BCUT2D eigenvalue weighted by atomic mass is 10.2. The third-order valence-electron chi connectivity index (χ3n) is 2.40. The van der Waals surface area contributed by atoms with Gasteiger partial charge in [-0.25, -0.2) is 4.39 Å². The molecule has 0 aliphatic heterocycles. The van der Waals surface area contributed by atoms with Gasteiger partial charge in [0.2, 0.25) is 0 Å². The molecule has 90 valence electrons. The van der Waals surface area contributed by atoms with Crippen LogP contribution in [0.25, 0.3) is 0 Å². The Hall–Kier alpha value is -1.86. The van der Waals surface area contributed by atoms with Gasteiger partial charge >= 0.3 is 0 Å². The van der Waals surface area contributed by atoms with Gasteiger partial charge in [0.05, 0.1) is 11.6 Å². The van der Waals surface area contributed by atoms with Crippen molar-refractivity contribution in [2.45, 2.75) is 6.61 Å². The SMILES string of the molecule is N#Cc1ccc(OCc2ccccc2Br)c(F)c1. The second-order valence-corrected chi connectivity index (χ2v) is 4.49. The van der Waals surface area contributed by atoms with Crippen LogP contribution in [0, 0.1) is 17.1 Å². The Morgan fingerprint density at radius 3 is 2.67 bits per heavy atom. The molecule has 2 aromatic carbocycles. The normalized spacial score (nSPS) is 9.83. The van der Waals surface area contributed by atoms with E-state index in [1.54, 1.807) is 0 Å². The molecule has 0 aliphatic carbocycles. The number of ether oxygens (including phenoxy) is 1. The molecule has 0 atom stereocenters. The van der Waals surface area contributed by atoms with Crippen molar-refractivity contribution in [3.05, 3.63) is 63.9 Å². The van der Waals surface area contributed by atoms with Crippen molar-refractivity contribution in [2.75, 3.05) is 0 Å². The Morgan fingerprint density at radius 1 is 1.22 bits per heavy atom. The molecule has 0 saturated carbocycles. The highest BCUT2D eigenvalue weighted by Crippen LogP contribution is 2.22. The number of benzene rings is 2. The summed E-state index contributed by atoms with van der Waals surface area (Å²) in [4.78, 5) is 0. The van der Waals surface area contributed by atoms with Crippen LogP contribution in [-0.4, -0.2) is 0 Å². The first-order valence-electron chi connectivity index (χ1n) is 5.26. The van der Waals surface area contributed by atoms with Crippen LogP contribution in [0.15, 0.2) is 46.9 Å². The third-order valence-corrected chi connectivity index (χ3v) is 3.18. The average Bonchev–Trinajstić information content (AvgIpc) is 2.39. The Labute approximate surface area is 113 Å². The Morgan fingerprint density at radius 2 is 2.00 bits per heavy atom. The van der Waals surface area contributed by atoms with E-state index in [0.29, 0.717) is 0 Å². The molecular formula is C14H9BrFNO. The first-order valence-corrected chi connectivity index (χ1v) is 6.06. The number of hydrogen-bond acceptors (Lipinski definition) is 2. The lowest BCUT2D eigenvalue weighted by Gasteiger charge is -2.08. The summed E-state index contributed by atoms with van der Waals surface area (Å²) in [6, 6.07) is 13.6. The minimum atomic E-state index is -0.527. The summed E-state index contributed by atoms with van der Waals surface area (Å²) < 4.78 is 19.9. The van der Waals surface area contributed by atoms with Gasteiger partial charge in [-0.1, -0.05) is 34.1 Å². The molecule has 0 fully saturated rings.